The van der Waals surface area contributed by atoms with Gasteiger partial charge in [0, 0.05) is 11.6 Å². The zero-order valence-electron chi connectivity index (χ0n) is 14.2. The van der Waals surface area contributed by atoms with E-state index >= 15 is 0 Å². The van der Waals surface area contributed by atoms with Gasteiger partial charge in [0.25, 0.3) is 5.91 Å². The van der Waals surface area contributed by atoms with Gasteiger partial charge in [-0.1, -0.05) is 32.0 Å². The lowest BCUT2D eigenvalue weighted by Gasteiger charge is -2.27. The maximum atomic E-state index is 13.7. The summed E-state index contributed by atoms with van der Waals surface area (Å²) in [5.74, 6) is -3.35. The van der Waals surface area contributed by atoms with Gasteiger partial charge >= 0.3 is 0 Å². The molecule has 1 unspecified atom stereocenters. The van der Waals surface area contributed by atoms with Crippen molar-refractivity contribution in [2.24, 2.45) is 5.92 Å². The lowest BCUT2D eigenvalue weighted by atomic mass is 9.91. The van der Waals surface area contributed by atoms with Gasteiger partial charge in [0.15, 0.2) is 11.5 Å². The molecule has 0 aliphatic carbocycles. The van der Waals surface area contributed by atoms with Crippen molar-refractivity contribution >= 4 is 17.4 Å². The normalized spacial score (nSPS) is 17.3. The molecule has 2 aromatic carbocycles. The van der Waals surface area contributed by atoms with E-state index in [0.29, 0.717) is 5.56 Å². The molecule has 0 saturated heterocycles. The number of hydrogen-bond acceptors (Lipinski definition) is 3. The van der Waals surface area contributed by atoms with E-state index in [4.69, 9.17) is 0 Å². The molecule has 1 atom stereocenters. The number of amides is 1. The van der Waals surface area contributed by atoms with Crippen molar-refractivity contribution in [3.8, 4) is 0 Å². The first-order valence-corrected chi connectivity index (χ1v) is 8.13. The van der Waals surface area contributed by atoms with E-state index in [1.54, 1.807) is 13.8 Å². The summed E-state index contributed by atoms with van der Waals surface area (Å²) in [6.45, 7) is 3.30. The SMILES string of the molecule is CC(C)C(=O)C1=C(O)C(=O)N(c2cccc(F)c2)C1c1ccc(F)cc1. The van der Waals surface area contributed by atoms with Crippen LogP contribution >= 0.6 is 0 Å². The molecule has 4 nitrogen and oxygen atoms in total. The summed E-state index contributed by atoms with van der Waals surface area (Å²) >= 11 is 0. The minimum atomic E-state index is -0.959. The standard InChI is InChI=1S/C20H17F2NO3/c1-11(2)18(24)16-17(12-6-8-13(21)9-7-12)23(20(26)19(16)25)15-5-3-4-14(22)10-15/h3-11,17,25H,1-2H3. The first kappa shape index (κ1) is 17.8. The van der Waals surface area contributed by atoms with Crippen molar-refractivity contribution in [2.45, 2.75) is 19.9 Å². The fourth-order valence-corrected chi connectivity index (χ4v) is 3.02. The van der Waals surface area contributed by atoms with Crippen LogP contribution in [-0.2, 0) is 9.59 Å². The average Bonchev–Trinajstić information content (AvgIpc) is 2.86. The zero-order valence-corrected chi connectivity index (χ0v) is 14.2. The highest BCUT2D eigenvalue weighted by molar-refractivity contribution is 6.16. The Hall–Kier alpha value is -3.02. The molecular formula is C20H17F2NO3. The quantitative estimate of drug-likeness (QED) is 0.897. The smallest absolute Gasteiger partial charge is 0.294 e. The third kappa shape index (κ3) is 2.98. The van der Waals surface area contributed by atoms with Gasteiger partial charge in [0.05, 0.1) is 11.6 Å². The predicted octanol–water partition coefficient (Wildman–Crippen LogP) is 4.09. The average molecular weight is 357 g/mol. The molecule has 1 N–H and O–H groups in total. The molecule has 0 radical (unpaired) electrons. The molecule has 2 aromatic rings. The van der Waals surface area contributed by atoms with Crippen LogP contribution in [0.15, 0.2) is 59.9 Å². The molecule has 134 valence electrons. The first-order chi connectivity index (χ1) is 12.3. The van der Waals surface area contributed by atoms with Gasteiger partial charge in [-0.2, -0.15) is 0 Å². The Balaban J connectivity index is 2.19. The van der Waals surface area contributed by atoms with Gasteiger partial charge in [-0.05, 0) is 35.9 Å². The molecule has 3 rings (SSSR count). The van der Waals surface area contributed by atoms with Crippen molar-refractivity contribution in [3.63, 3.8) is 0 Å². The number of carbonyl (C=O) groups is 2. The monoisotopic (exact) mass is 357 g/mol. The fourth-order valence-electron chi connectivity index (χ4n) is 3.02. The van der Waals surface area contributed by atoms with Crippen molar-refractivity contribution in [2.75, 3.05) is 4.90 Å². The Kier molecular flexibility index (Phi) is 4.59. The molecule has 0 bridgehead atoms. The molecule has 6 heteroatoms. The van der Waals surface area contributed by atoms with Crippen LogP contribution in [0.2, 0.25) is 0 Å². The highest BCUT2D eigenvalue weighted by Crippen LogP contribution is 2.41. The second-order valence-corrected chi connectivity index (χ2v) is 6.39. The van der Waals surface area contributed by atoms with Crippen molar-refractivity contribution in [3.05, 3.63) is 77.1 Å². The number of rotatable bonds is 4. The summed E-state index contributed by atoms with van der Waals surface area (Å²) in [5.41, 5.74) is 0.570. The van der Waals surface area contributed by atoms with Gasteiger partial charge in [-0.15, -0.1) is 0 Å². The summed E-state index contributed by atoms with van der Waals surface area (Å²) in [5, 5.41) is 10.4. The Labute approximate surface area is 149 Å². The van der Waals surface area contributed by atoms with E-state index < -0.39 is 41.0 Å². The van der Waals surface area contributed by atoms with E-state index in [9.17, 15) is 23.5 Å². The maximum absolute atomic E-state index is 13.7. The Morgan fingerprint density at radius 3 is 2.31 bits per heavy atom. The van der Waals surface area contributed by atoms with Crippen LogP contribution in [0.1, 0.15) is 25.5 Å². The number of Topliss-reactive ketones (excluding diaryl/α,β-unsaturated/α-hetero) is 1. The third-order valence-corrected chi connectivity index (χ3v) is 4.27. The van der Waals surface area contributed by atoms with Crippen LogP contribution in [0.25, 0.3) is 0 Å². The highest BCUT2D eigenvalue weighted by atomic mass is 19.1. The largest absolute Gasteiger partial charge is 0.503 e. The van der Waals surface area contributed by atoms with E-state index in [2.05, 4.69) is 0 Å². The van der Waals surface area contributed by atoms with Crippen molar-refractivity contribution < 1.29 is 23.5 Å². The summed E-state index contributed by atoms with van der Waals surface area (Å²) in [6.07, 6.45) is 0. The minimum Gasteiger partial charge on any atom is -0.503 e. The van der Waals surface area contributed by atoms with Gasteiger partial charge in [0.1, 0.15) is 11.6 Å². The molecule has 1 aliphatic heterocycles. The lowest BCUT2D eigenvalue weighted by molar-refractivity contribution is -0.119. The zero-order chi connectivity index (χ0) is 19.0. The number of nitrogens with zero attached hydrogens (tertiary/aromatic N) is 1. The maximum Gasteiger partial charge on any atom is 0.294 e. The van der Waals surface area contributed by atoms with E-state index in [0.717, 1.165) is 11.0 Å². The number of hydrogen-bond donors (Lipinski definition) is 1. The number of ketones is 1. The summed E-state index contributed by atoms with van der Waals surface area (Å²) < 4.78 is 27.0. The van der Waals surface area contributed by atoms with Crippen molar-refractivity contribution in [1.82, 2.24) is 0 Å². The number of aliphatic hydroxyl groups is 1. The van der Waals surface area contributed by atoms with Gasteiger partial charge in [0.2, 0.25) is 0 Å². The summed E-state index contributed by atoms with van der Waals surface area (Å²) in [6, 6.07) is 9.63. The van der Waals surface area contributed by atoms with Crippen LogP contribution in [0.3, 0.4) is 0 Å². The van der Waals surface area contributed by atoms with Crippen LogP contribution < -0.4 is 4.90 Å². The van der Waals surface area contributed by atoms with E-state index in [-0.39, 0.29) is 11.3 Å². The first-order valence-electron chi connectivity index (χ1n) is 8.13. The Morgan fingerprint density at radius 1 is 1.08 bits per heavy atom. The minimum absolute atomic E-state index is 0.0686. The number of carbonyl (C=O) groups excluding carboxylic acids is 2. The fraction of sp³-hybridized carbons (Fsp3) is 0.200. The number of halogens is 2. The topological polar surface area (TPSA) is 57.6 Å². The second-order valence-electron chi connectivity index (χ2n) is 6.39. The molecule has 26 heavy (non-hydrogen) atoms. The Morgan fingerprint density at radius 2 is 1.73 bits per heavy atom. The van der Waals surface area contributed by atoms with Crippen LogP contribution in [-0.4, -0.2) is 16.8 Å². The van der Waals surface area contributed by atoms with Gasteiger partial charge < -0.3 is 5.11 Å². The molecule has 0 spiro atoms. The van der Waals surface area contributed by atoms with Gasteiger partial charge in [-0.3, -0.25) is 14.5 Å². The second kappa shape index (κ2) is 6.71. The molecular weight excluding hydrogens is 340 g/mol. The molecule has 0 fully saturated rings. The van der Waals surface area contributed by atoms with Crippen LogP contribution in [0.5, 0.6) is 0 Å². The highest BCUT2D eigenvalue weighted by Gasteiger charge is 2.44. The molecule has 0 saturated carbocycles. The Bertz CT molecular complexity index is 904. The van der Waals surface area contributed by atoms with E-state index in [1.807, 2.05) is 0 Å². The predicted molar refractivity (Wildman–Crippen MR) is 92.5 cm³/mol. The molecule has 1 heterocycles. The van der Waals surface area contributed by atoms with Crippen molar-refractivity contribution in [1.29, 1.82) is 0 Å². The molecule has 1 aliphatic rings. The van der Waals surface area contributed by atoms with Gasteiger partial charge in [-0.25, -0.2) is 8.78 Å². The summed E-state index contributed by atoms with van der Waals surface area (Å²) in [4.78, 5) is 26.5. The summed E-state index contributed by atoms with van der Waals surface area (Å²) in [7, 11) is 0. The van der Waals surface area contributed by atoms with E-state index in [1.165, 1.54) is 42.5 Å². The molecule has 0 aromatic heterocycles. The number of anilines is 1. The number of aliphatic hydroxyl groups excluding tert-OH is 1. The third-order valence-electron chi connectivity index (χ3n) is 4.27. The molecule has 1 amide bonds. The lowest BCUT2D eigenvalue weighted by Crippen LogP contribution is -2.31. The number of benzene rings is 2. The van der Waals surface area contributed by atoms with Crippen LogP contribution in [0, 0.1) is 17.6 Å². The van der Waals surface area contributed by atoms with Crippen LogP contribution in [0.4, 0.5) is 14.5 Å².